The van der Waals surface area contributed by atoms with E-state index in [1.807, 2.05) is 25.7 Å². The second-order valence-electron chi connectivity index (χ2n) is 4.61. The predicted molar refractivity (Wildman–Crippen MR) is 73.5 cm³/mol. The molecule has 0 aliphatic rings. The molecule has 0 bridgehead atoms. The maximum absolute atomic E-state index is 14.1. The molecule has 0 heterocycles. The standard InChI is InChI=1S/C15H22FNO2/c1-4-15(11-14(18)19,17(5-2)6-3)12-9-7-8-10-13(12)16/h7-10H,4-6,11H2,1-3H3,(H,18,19). The van der Waals surface area contributed by atoms with Crippen molar-refractivity contribution in [1.82, 2.24) is 4.90 Å². The van der Waals surface area contributed by atoms with Crippen molar-refractivity contribution in [2.75, 3.05) is 13.1 Å². The monoisotopic (exact) mass is 267 g/mol. The molecule has 1 N–H and O–H groups in total. The molecule has 3 nitrogen and oxygen atoms in total. The first kappa shape index (κ1) is 15.6. The van der Waals surface area contributed by atoms with Gasteiger partial charge < -0.3 is 5.11 Å². The molecule has 1 atom stereocenters. The zero-order valence-electron chi connectivity index (χ0n) is 11.8. The van der Waals surface area contributed by atoms with Crippen molar-refractivity contribution in [2.24, 2.45) is 0 Å². The van der Waals surface area contributed by atoms with Crippen LogP contribution in [0, 0.1) is 5.82 Å². The molecular formula is C15H22FNO2. The normalized spacial score (nSPS) is 14.4. The second kappa shape index (κ2) is 6.66. The van der Waals surface area contributed by atoms with Crippen LogP contribution in [0.2, 0.25) is 0 Å². The number of hydrogen-bond acceptors (Lipinski definition) is 2. The van der Waals surface area contributed by atoms with Gasteiger partial charge >= 0.3 is 5.97 Å². The van der Waals surface area contributed by atoms with E-state index >= 15 is 0 Å². The summed E-state index contributed by atoms with van der Waals surface area (Å²) in [5.74, 6) is -1.24. The van der Waals surface area contributed by atoms with Gasteiger partial charge in [-0.05, 0) is 25.6 Å². The molecule has 0 amide bonds. The van der Waals surface area contributed by atoms with Gasteiger partial charge in [-0.25, -0.2) is 4.39 Å². The lowest BCUT2D eigenvalue weighted by Crippen LogP contribution is -2.47. The predicted octanol–water partition coefficient (Wildman–Crippen LogP) is 3.25. The minimum absolute atomic E-state index is 0.0912. The van der Waals surface area contributed by atoms with Gasteiger partial charge in [0.05, 0.1) is 12.0 Å². The number of carboxylic acids is 1. The van der Waals surface area contributed by atoms with Crippen LogP contribution in [0.3, 0.4) is 0 Å². The fraction of sp³-hybridized carbons (Fsp3) is 0.533. The molecule has 0 radical (unpaired) electrons. The molecule has 0 aromatic heterocycles. The van der Waals surface area contributed by atoms with Crippen molar-refractivity contribution in [1.29, 1.82) is 0 Å². The van der Waals surface area contributed by atoms with E-state index in [4.69, 9.17) is 0 Å². The Morgan fingerprint density at radius 1 is 1.26 bits per heavy atom. The third-order valence-electron chi connectivity index (χ3n) is 3.77. The lowest BCUT2D eigenvalue weighted by Gasteiger charge is -2.42. The van der Waals surface area contributed by atoms with Gasteiger partial charge in [0.25, 0.3) is 0 Å². The van der Waals surface area contributed by atoms with Gasteiger partial charge in [0.2, 0.25) is 0 Å². The van der Waals surface area contributed by atoms with E-state index in [-0.39, 0.29) is 12.2 Å². The largest absolute Gasteiger partial charge is 0.481 e. The average Bonchev–Trinajstić information content (AvgIpc) is 2.39. The Labute approximate surface area is 114 Å². The lowest BCUT2D eigenvalue weighted by molar-refractivity contribution is -0.141. The lowest BCUT2D eigenvalue weighted by atomic mass is 9.81. The first-order valence-corrected chi connectivity index (χ1v) is 6.73. The zero-order valence-corrected chi connectivity index (χ0v) is 11.8. The van der Waals surface area contributed by atoms with Crippen molar-refractivity contribution in [3.63, 3.8) is 0 Å². The fourth-order valence-electron chi connectivity index (χ4n) is 2.83. The Hall–Kier alpha value is -1.42. The second-order valence-corrected chi connectivity index (χ2v) is 4.61. The number of benzene rings is 1. The van der Waals surface area contributed by atoms with Crippen molar-refractivity contribution >= 4 is 5.97 Å². The van der Waals surface area contributed by atoms with Crippen LogP contribution in [-0.4, -0.2) is 29.1 Å². The molecule has 1 rings (SSSR count). The molecule has 0 spiro atoms. The molecule has 1 aromatic carbocycles. The number of carboxylic acid groups (broad SMARTS) is 1. The minimum atomic E-state index is -0.906. The number of halogens is 1. The van der Waals surface area contributed by atoms with E-state index < -0.39 is 11.5 Å². The maximum atomic E-state index is 14.1. The van der Waals surface area contributed by atoms with Crippen LogP contribution in [0.4, 0.5) is 4.39 Å². The van der Waals surface area contributed by atoms with E-state index in [1.165, 1.54) is 6.07 Å². The van der Waals surface area contributed by atoms with E-state index in [1.54, 1.807) is 18.2 Å². The van der Waals surface area contributed by atoms with Crippen molar-refractivity contribution in [3.05, 3.63) is 35.6 Å². The Morgan fingerprint density at radius 3 is 2.26 bits per heavy atom. The molecule has 0 fully saturated rings. The average molecular weight is 267 g/mol. The quantitative estimate of drug-likeness (QED) is 0.824. The summed E-state index contributed by atoms with van der Waals surface area (Å²) in [6, 6.07) is 6.47. The van der Waals surface area contributed by atoms with Gasteiger partial charge in [-0.15, -0.1) is 0 Å². The molecule has 1 unspecified atom stereocenters. The summed E-state index contributed by atoms with van der Waals surface area (Å²) in [6.07, 6.45) is 0.466. The Morgan fingerprint density at radius 2 is 1.84 bits per heavy atom. The number of hydrogen-bond donors (Lipinski definition) is 1. The summed E-state index contributed by atoms with van der Waals surface area (Å²) in [7, 11) is 0. The molecule has 0 aliphatic heterocycles. The van der Waals surface area contributed by atoms with Crippen LogP contribution in [0.25, 0.3) is 0 Å². The van der Waals surface area contributed by atoms with Crippen LogP contribution in [0.5, 0.6) is 0 Å². The topological polar surface area (TPSA) is 40.5 Å². The van der Waals surface area contributed by atoms with Crippen molar-refractivity contribution < 1.29 is 14.3 Å². The summed E-state index contributed by atoms with van der Waals surface area (Å²) >= 11 is 0. The minimum Gasteiger partial charge on any atom is -0.481 e. The fourth-order valence-corrected chi connectivity index (χ4v) is 2.83. The summed E-state index contributed by atoms with van der Waals surface area (Å²) in [5.41, 5.74) is -0.302. The van der Waals surface area contributed by atoms with Crippen LogP contribution in [-0.2, 0) is 10.3 Å². The van der Waals surface area contributed by atoms with Crippen molar-refractivity contribution in [3.8, 4) is 0 Å². The van der Waals surface area contributed by atoms with E-state index in [0.717, 1.165) is 0 Å². The van der Waals surface area contributed by atoms with Crippen LogP contribution < -0.4 is 0 Å². The Kier molecular flexibility index (Phi) is 5.48. The van der Waals surface area contributed by atoms with Gasteiger partial charge in [0.1, 0.15) is 5.82 Å². The molecule has 19 heavy (non-hydrogen) atoms. The maximum Gasteiger partial charge on any atom is 0.305 e. The first-order chi connectivity index (χ1) is 9.01. The molecule has 0 saturated heterocycles. The smallest absolute Gasteiger partial charge is 0.305 e. The van der Waals surface area contributed by atoms with Crippen molar-refractivity contribution in [2.45, 2.75) is 39.2 Å². The van der Waals surface area contributed by atoms with E-state index in [0.29, 0.717) is 25.1 Å². The number of aliphatic carboxylic acids is 1. The number of nitrogens with zero attached hydrogens (tertiary/aromatic N) is 1. The molecular weight excluding hydrogens is 245 g/mol. The first-order valence-electron chi connectivity index (χ1n) is 6.73. The molecule has 4 heteroatoms. The van der Waals surface area contributed by atoms with Gasteiger partial charge in [-0.3, -0.25) is 9.69 Å². The van der Waals surface area contributed by atoms with Crippen LogP contribution >= 0.6 is 0 Å². The summed E-state index contributed by atoms with van der Waals surface area (Å²) < 4.78 is 14.1. The Balaban J connectivity index is 3.39. The Bertz CT molecular complexity index is 432. The number of carbonyl (C=O) groups is 1. The molecule has 0 saturated carbocycles. The SMILES string of the molecule is CCN(CC)C(CC)(CC(=O)O)c1ccccc1F. The zero-order chi connectivity index (χ0) is 14.5. The number of rotatable bonds is 7. The highest BCUT2D eigenvalue weighted by molar-refractivity contribution is 5.69. The van der Waals surface area contributed by atoms with E-state index in [9.17, 15) is 14.3 Å². The van der Waals surface area contributed by atoms with Gasteiger partial charge in [-0.1, -0.05) is 39.0 Å². The summed E-state index contributed by atoms with van der Waals surface area (Å²) in [6.45, 7) is 7.22. The summed E-state index contributed by atoms with van der Waals surface area (Å²) in [4.78, 5) is 13.3. The highest BCUT2D eigenvalue weighted by Gasteiger charge is 2.39. The highest BCUT2D eigenvalue weighted by atomic mass is 19.1. The highest BCUT2D eigenvalue weighted by Crippen LogP contribution is 2.37. The molecule has 106 valence electrons. The third-order valence-corrected chi connectivity index (χ3v) is 3.77. The molecule has 1 aromatic rings. The van der Waals surface area contributed by atoms with E-state index in [2.05, 4.69) is 0 Å². The van der Waals surface area contributed by atoms with Gasteiger partial charge in [0.15, 0.2) is 0 Å². The van der Waals surface area contributed by atoms with Gasteiger partial charge in [0, 0.05) is 5.56 Å². The third kappa shape index (κ3) is 3.13. The molecule has 0 aliphatic carbocycles. The van der Waals surface area contributed by atoms with Crippen LogP contribution in [0.1, 0.15) is 39.2 Å². The van der Waals surface area contributed by atoms with Crippen LogP contribution in [0.15, 0.2) is 24.3 Å². The van der Waals surface area contributed by atoms with Gasteiger partial charge in [-0.2, -0.15) is 0 Å². The summed E-state index contributed by atoms with van der Waals surface area (Å²) in [5, 5.41) is 9.22.